The quantitative estimate of drug-likeness (QED) is 0.472. The van der Waals surface area contributed by atoms with Gasteiger partial charge in [0.1, 0.15) is 0 Å². The van der Waals surface area contributed by atoms with Crippen LogP contribution in [-0.2, 0) is 16.0 Å². The highest BCUT2D eigenvalue weighted by atomic mass is 16.5. The lowest BCUT2D eigenvalue weighted by Gasteiger charge is -2.30. The van der Waals surface area contributed by atoms with Crippen LogP contribution >= 0.6 is 0 Å². The molecule has 0 amide bonds. The second-order valence-electron chi connectivity index (χ2n) is 8.89. The van der Waals surface area contributed by atoms with Gasteiger partial charge in [-0.1, -0.05) is 42.5 Å². The number of aryl methyl sites for hydroxylation is 1. The fourth-order valence-electron chi connectivity index (χ4n) is 5.29. The number of likely N-dealkylation sites (N-methyl/N-ethyl adjacent to an activating group) is 1. The van der Waals surface area contributed by atoms with E-state index in [-0.39, 0.29) is 12.6 Å². The molecule has 0 saturated carbocycles. The Labute approximate surface area is 191 Å². The van der Waals surface area contributed by atoms with Crippen LogP contribution in [0, 0.1) is 5.92 Å². The number of ether oxygens (including phenoxy) is 1. The van der Waals surface area contributed by atoms with Crippen molar-refractivity contribution in [1.82, 2.24) is 9.80 Å². The number of hydrogen-bond acceptors (Lipinski definition) is 5. The third-order valence-corrected chi connectivity index (χ3v) is 6.93. The number of rotatable bonds is 9. The first-order valence-electron chi connectivity index (χ1n) is 11.6. The third-order valence-electron chi connectivity index (χ3n) is 6.93. The second-order valence-corrected chi connectivity index (χ2v) is 8.89. The Kier molecular flexibility index (Phi) is 7.28. The summed E-state index contributed by atoms with van der Waals surface area (Å²) in [5, 5.41) is 9.48. The largest absolute Gasteiger partial charge is 0.466 e. The van der Waals surface area contributed by atoms with Crippen LogP contribution in [0.15, 0.2) is 60.4 Å². The highest BCUT2D eigenvalue weighted by Gasteiger charge is 2.32. The zero-order chi connectivity index (χ0) is 22.5. The molecule has 1 N–H and O–H groups in total. The van der Waals surface area contributed by atoms with Crippen LogP contribution in [0.25, 0.3) is 6.08 Å². The first-order chi connectivity index (χ1) is 15.6. The minimum Gasteiger partial charge on any atom is -0.466 e. The lowest BCUT2D eigenvalue weighted by atomic mass is 9.89. The molecular weight excluding hydrogens is 400 g/mol. The average Bonchev–Trinajstić information content (AvgIpc) is 3.38. The predicted octanol–water partition coefficient (Wildman–Crippen LogP) is 3.87. The SMILES string of the molecule is COC(=O)/C=C/c1ccc2c(c1)CCC2N(CCCO)CCC1=CN(C)C2C=CC=CC12. The van der Waals surface area contributed by atoms with Crippen molar-refractivity contribution in [3.8, 4) is 0 Å². The summed E-state index contributed by atoms with van der Waals surface area (Å²) >= 11 is 0. The van der Waals surface area contributed by atoms with Gasteiger partial charge < -0.3 is 14.7 Å². The van der Waals surface area contributed by atoms with Crippen molar-refractivity contribution in [3.05, 3.63) is 77.0 Å². The van der Waals surface area contributed by atoms with Gasteiger partial charge in [-0.05, 0) is 60.2 Å². The first-order valence-corrected chi connectivity index (χ1v) is 11.6. The molecule has 5 nitrogen and oxygen atoms in total. The summed E-state index contributed by atoms with van der Waals surface area (Å²) in [7, 11) is 3.55. The summed E-state index contributed by atoms with van der Waals surface area (Å²) in [6, 6.07) is 7.32. The van der Waals surface area contributed by atoms with Gasteiger partial charge in [-0.3, -0.25) is 4.90 Å². The Hall–Kier alpha value is -2.63. The summed E-state index contributed by atoms with van der Waals surface area (Å²) in [4.78, 5) is 16.3. The van der Waals surface area contributed by atoms with Crippen molar-refractivity contribution in [3.63, 3.8) is 0 Å². The number of aliphatic hydroxyl groups is 1. The van der Waals surface area contributed by atoms with E-state index in [1.807, 2.05) is 6.08 Å². The summed E-state index contributed by atoms with van der Waals surface area (Å²) in [5.41, 5.74) is 5.26. The van der Waals surface area contributed by atoms with Gasteiger partial charge in [0.15, 0.2) is 0 Å². The number of carbonyl (C=O) groups is 1. The van der Waals surface area contributed by atoms with Crippen molar-refractivity contribution in [1.29, 1.82) is 0 Å². The molecule has 0 aromatic heterocycles. The fourth-order valence-corrected chi connectivity index (χ4v) is 5.29. The molecule has 1 aromatic carbocycles. The van der Waals surface area contributed by atoms with E-state index in [1.54, 1.807) is 0 Å². The minimum atomic E-state index is -0.337. The molecule has 0 radical (unpaired) electrons. The number of carbonyl (C=O) groups excluding carboxylic acids is 1. The summed E-state index contributed by atoms with van der Waals surface area (Å²) < 4.78 is 4.69. The zero-order valence-corrected chi connectivity index (χ0v) is 19.1. The van der Waals surface area contributed by atoms with Gasteiger partial charge in [0, 0.05) is 44.8 Å². The molecule has 1 aliphatic heterocycles. The Bertz CT molecular complexity index is 946. The Balaban J connectivity index is 1.46. The molecule has 170 valence electrons. The zero-order valence-electron chi connectivity index (χ0n) is 19.1. The van der Waals surface area contributed by atoms with Crippen LogP contribution in [0.2, 0.25) is 0 Å². The monoisotopic (exact) mass is 434 g/mol. The molecular formula is C27H34N2O3. The normalized spacial score (nSPS) is 23.7. The maximum Gasteiger partial charge on any atom is 0.330 e. The minimum absolute atomic E-state index is 0.219. The summed E-state index contributed by atoms with van der Waals surface area (Å²) in [5.74, 6) is 0.140. The van der Waals surface area contributed by atoms with Gasteiger partial charge in [-0.25, -0.2) is 4.79 Å². The van der Waals surface area contributed by atoms with E-state index in [2.05, 4.69) is 65.6 Å². The van der Waals surface area contributed by atoms with Crippen molar-refractivity contribution < 1.29 is 14.6 Å². The first kappa shape index (κ1) is 22.6. The Morgan fingerprint density at radius 2 is 2.12 bits per heavy atom. The van der Waals surface area contributed by atoms with Gasteiger partial charge >= 0.3 is 5.97 Å². The molecule has 3 aliphatic rings. The van der Waals surface area contributed by atoms with Gasteiger partial charge in [0.25, 0.3) is 0 Å². The van der Waals surface area contributed by atoms with Gasteiger partial charge in [0.2, 0.25) is 0 Å². The molecule has 0 fully saturated rings. The number of hydrogen-bond donors (Lipinski definition) is 1. The maximum absolute atomic E-state index is 11.4. The fraction of sp³-hybridized carbons (Fsp3) is 0.444. The third kappa shape index (κ3) is 4.89. The molecule has 1 aromatic rings. The van der Waals surface area contributed by atoms with Crippen LogP contribution < -0.4 is 0 Å². The molecule has 0 saturated heterocycles. The van der Waals surface area contributed by atoms with Crippen LogP contribution in [0.3, 0.4) is 0 Å². The predicted molar refractivity (Wildman–Crippen MR) is 128 cm³/mol. The number of allylic oxidation sites excluding steroid dienone is 2. The molecule has 2 aliphatic carbocycles. The van der Waals surface area contributed by atoms with Gasteiger partial charge in [-0.2, -0.15) is 0 Å². The highest BCUT2D eigenvalue weighted by Crippen LogP contribution is 2.38. The van der Waals surface area contributed by atoms with Crippen LogP contribution in [0.5, 0.6) is 0 Å². The van der Waals surface area contributed by atoms with E-state index in [1.165, 1.54) is 29.9 Å². The number of benzene rings is 1. The van der Waals surface area contributed by atoms with Gasteiger partial charge in [0.05, 0.1) is 13.2 Å². The molecule has 3 unspecified atom stereocenters. The Morgan fingerprint density at radius 3 is 2.94 bits per heavy atom. The standard InChI is InChI=1S/C27H34N2O3/c1-28-19-22(23-6-3-4-7-25(23)28)14-16-29(15-5-17-30)26-12-10-21-18-20(8-11-24(21)26)9-13-27(31)32-2/h3-4,6-9,11,13,18-19,23,25-26,30H,5,10,12,14-17H2,1-2H3/b13-9+. The van der Waals surface area contributed by atoms with Crippen LogP contribution in [-0.4, -0.2) is 60.8 Å². The van der Waals surface area contributed by atoms with Crippen molar-refractivity contribution in [2.45, 2.75) is 37.8 Å². The number of methoxy groups -OCH3 is 1. The lowest BCUT2D eigenvalue weighted by molar-refractivity contribution is -0.134. The average molecular weight is 435 g/mol. The number of fused-ring (bicyclic) bond motifs is 2. The van der Waals surface area contributed by atoms with Crippen molar-refractivity contribution in [2.24, 2.45) is 5.92 Å². The van der Waals surface area contributed by atoms with Crippen molar-refractivity contribution >= 4 is 12.0 Å². The van der Waals surface area contributed by atoms with Crippen LogP contribution in [0.4, 0.5) is 0 Å². The Morgan fingerprint density at radius 1 is 1.28 bits per heavy atom. The molecule has 5 heteroatoms. The van der Waals surface area contributed by atoms with E-state index in [9.17, 15) is 9.90 Å². The maximum atomic E-state index is 11.4. The number of aliphatic hydroxyl groups excluding tert-OH is 1. The number of nitrogens with zero attached hydrogens (tertiary/aromatic N) is 2. The van der Waals surface area contributed by atoms with E-state index < -0.39 is 0 Å². The van der Waals surface area contributed by atoms with E-state index in [0.717, 1.165) is 44.3 Å². The van der Waals surface area contributed by atoms with Crippen molar-refractivity contribution in [2.75, 3.05) is 33.9 Å². The summed E-state index contributed by atoms with van der Waals surface area (Å²) in [6.07, 6.45) is 18.5. The topological polar surface area (TPSA) is 53.0 Å². The smallest absolute Gasteiger partial charge is 0.330 e. The van der Waals surface area contributed by atoms with E-state index >= 15 is 0 Å². The molecule has 0 spiro atoms. The van der Waals surface area contributed by atoms with E-state index in [0.29, 0.717) is 18.0 Å². The molecule has 0 bridgehead atoms. The van der Waals surface area contributed by atoms with Gasteiger partial charge in [-0.15, -0.1) is 0 Å². The highest BCUT2D eigenvalue weighted by molar-refractivity contribution is 5.86. The molecule has 4 rings (SSSR count). The molecule has 32 heavy (non-hydrogen) atoms. The van der Waals surface area contributed by atoms with Crippen LogP contribution in [0.1, 0.15) is 42.0 Å². The second kappa shape index (κ2) is 10.3. The van der Waals surface area contributed by atoms with E-state index in [4.69, 9.17) is 4.74 Å². The lowest BCUT2D eigenvalue weighted by Crippen LogP contribution is -2.31. The molecule has 1 heterocycles. The molecule has 3 atom stereocenters. The summed E-state index contributed by atoms with van der Waals surface area (Å²) in [6.45, 7) is 2.11. The number of esters is 1.